The Labute approximate surface area is 137 Å². The van der Waals surface area contributed by atoms with Gasteiger partial charge in [0.25, 0.3) is 0 Å². The summed E-state index contributed by atoms with van der Waals surface area (Å²) in [6, 6.07) is 3.28. The molecule has 1 heterocycles. The van der Waals surface area contributed by atoms with Crippen molar-refractivity contribution in [2.75, 3.05) is 13.6 Å². The highest BCUT2D eigenvalue weighted by atomic mass is 19.2. The molecule has 0 radical (unpaired) electrons. The summed E-state index contributed by atoms with van der Waals surface area (Å²) in [6.45, 7) is -0.555. The van der Waals surface area contributed by atoms with Gasteiger partial charge in [0.15, 0.2) is 11.6 Å². The fraction of sp³-hybridized carbons (Fsp3) is 0.438. The summed E-state index contributed by atoms with van der Waals surface area (Å²) < 4.78 is 27.1. The molecule has 2 amide bonds. The number of hydrogen-bond donors (Lipinski definition) is 1. The van der Waals surface area contributed by atoms with E-state index < -0.39 is 36.1 Å². The molecule has 2 rings (SSSR count). The minimum absolute atomic E-state index is 0.0431. The van der Waals surface area contributed by atoms with Gasteiger partial charge in [-0.1, -0.05) is 12.1 Å². The van der Waals surface area contributed by atoms with Crippen LogP contribution in [0.5, 0.6) is 0 Å². The van der Waals surface area contributed by atoms with Crippen molar-refractivity contribution in [2.24, 2.45) is 0 Å². The molecule has 130 valence electrons. The van der Waals surface area contributed by atoms with Gasteiger partial charge in [-0.2, -0.15) is 0 Å². The molecule has 1 N–H and O–H groups in total. The Balaban J connectivity index is 2.07. The Hall–Kier alpha value is -2.51. The number of carboxylic acids is 1. The van der Waals surface area contributed by atoms with E-state index in [1.165, 1.54) is 24.1 Å². The van der Waals surface area contributed by atoms with E-state index >= 15 is 0 Å². The van der Waals surface area contributed by atoms with Crippen LogP contribution in [0.25, 0.3) is 0 Å². The molecule has 1 atom stereocenters. The molecule has 6 nitrogen and oxygen atoms in total. The molecule has 1 fully saturated rings. The first-order valence-electron chi connectivity index (χ1n) is 7.47. The van der Waals surface area contributed by atoms with Crippen molar-refractivity contribution in [1.82, 2.24) is 9.80 Å². The van der Waals surface area contributed by atoms with Gasteiger partial charge >= 0.3 is 5.97 Å². The van der Waals surface area contributed by atoms with E-state index in [0.29, 0.717) is 6.42 Å². The first-order chi connectivity index (χ1) is 11.3. The van der Waals surface area contributed by atoms with Crippen molar-refractivity contribution in [3.05, 3.63) is 35.4 Å². The highest BCUT2D eigenvalue weighted by Crippen LogP contribution is 2.25. The predicted octanol–water partition coefficient (Wildman–Crippen LogP) is 1.39. The molecule has 0 unspecified atom stereocenters. The summed E-state index contributed by atoms with van der Waals surface area (Å²) in [5.41, 5.74) is 0.0431. The number of aliphatic carboxylic acids is 1. The number of rotatable bonds is 6. The largest absolute Gasteiger partial charge is 0.480 e. The molecule has 8 heteroatoms. The average Bonchev–Trinajstić information content (AvgIpc) is 2.84. The maximum Gasteiger partial charge on any atom is 0.323 e. The topological polar surface area (TPSA) is 77.9 Å². The number of benzene rings is 1. The van der Waals surface area contributed by atoms with Gasteiger partial charge in [-0.3, -0.25) is 14.4 Å². The molecule has 1 aliphatic rings. The Kier molecular flexibility index (Phi) is 5.48. The average molecular weight is 340 g/mol. The van der Waals surface area contributed by atoms with E-state index in [1.54, 1.807) is 0 Å². The van der Waals surface area contributed by atoms with Crippen LogP contribution in [0.3, 0.4) is 0 Å². The minimum atomic E-state index is -1.13. The normalized spacial score (nSPS) is 17.2. The lowest BCUT2D eigenvalue weighted by molar-refractivity contribution is -0.144. The molecule has 1 aliphatic heterocycles. The number of amides is 2. The van der Waals surface area contributed by atoms with Gasteiger partial charge in [0, 0.05) is 38.0 Å². The molecule has 0 spiro atoms. The van der Waals surface area contributed by atoms with Crippen molar-refractivity contribution in [1.29, 1.82) is 0 Å². The molecular weight excluding hydrogens is 322 g/mol. The minimum Gasteiger partial charge on any atom is -0.480 e. The van der Waals surface area contributed by atoms with Crippen LogP contribution in [0.2, 0.25) is 0 Å². The van der Waals surface area contributed by atoms with Gasteiger partial charge in [0.1, 0.15) is 6.54 Å². The maximum absolute atomic E-state index is 13.8. The van der Waals surface area contributed by atoms with Crippen molar-refractivity contribution in [3.63, 3.8) is 0 Å². The summed E-state index contributed by atoms with van der Waals surface area (Å²) >= 11 is 0. The first-order valence-corrected chi connectivity index (χ1v) is 7.47. The van der Waals surface area contributed by atoms with E-state index in [4.69, 9.17) is 5.11 Å². The first kappa shape index (κ1) is 17.8. The van der Waals surface area contributed by atoms with Crippen molar-refractivity contribution < 1.29 is 28.3 Å². The number of halogens is 2. The van der Waals surface area contributed by atoms with Gasteiger partial charge < -0.3 is 14.9 Å². The monoisotopic (exact) mass is 340 g/mol. The van der Waals surface area contributed by atoms with E-state index in [1.807, 2.05) is 0 Å². The number of carbonyl (C=O) groups is 3. The van der Waals surface area contributed by atoms with Gasteiger partial charge in [-0.15, -0.1) is 0 Å². The molecule has 0 saturated carbocycles. The van der Waals surface area contributed by atoms with Crippen molar-refractivity contribution in [2.45, 2.75) is 31.8 Å². The molecule has 0 aliphatic carbocycles. The summed E-state index contributed by atoms with van der Waals surface area (Å²) in [5, 5.41) is 8.70. The van der Waals surface area contributed by atoms with E-state index in [-0.39, 0.29) is 30.9 Å². The number of carboxylic acid groups (broad SMARTS) is 1. The van der Waals surface area contributed by atoms with E-state index in [0.717, 1.165) is 11.0 Å². The van der Waals surface area contributed by atoms with E-state index in [2.05, 4.69) is 0 Å². The summed E-state index contributed by atoms with van der Waals surface area (Å²) in [5.74, 6) is -3.79. The molecular formula is C16H18F2N2O4. The van der Waals surface area contributed by atoms with Crippen LogP contribution in [0.4, 0.5) is 8.78 Å². The van der Waals surface area contributed by atoms with Crippen LogP contribution < -0.4 is 0 Å². The van der Waals surface area contributed by atoms with Gasteiger partial charge in [0.05, 0.1) is 0 Å². The Morgan fingerprint density at radius 2 is 2.08 bits per heavy atom. The zero-order valence-electron chi connectivity index (χ0n) is 13.2. The Bertz CT molecular complexity index is 665. The molecule has 1 aromatic rings. The van der Waals surface area contributed by atoms with Crippen LogP contribution in [0, 0.1) is 11.6 Å². The van der Waals surface area contributed by atoms with Gasteiger partial charge in [0.2, 0.25) is 11.8 Å². The van der Waals surface area contributed by atoms with Crippen LogP contribution in [0.1, 0.15) is 24.8 Å². The van der Waals surface area contributed by atoms with Crippen LogP contribution >= 0.6 is 0 Å². The van der Waals surface area contributed by atoms with Crippen LogP contribution in [-0.4, -0.2) is 52.3 Å². The van der Waals surface area contributed by atoms with Gasteiger partial charge in [-0.05, 0) is 12.5 Å². The number of likely N-dealkylation sites (N-methyl/N-ethyl adjacent to an activating group) is 1. The van der Waals surface area contributed by atoms with Crippen molar-refractivity contribution >= 4 is 17.8 Å². The lowest BCUT2D eigenvalue weighted by Crippen LogP contribution is -2.39. The SMILES string of the molecule is CN(CC(=O)O)C(=O)C[C@@H]1CCC(=O)N1Cc1cccc(F)c1F. The molecule has 1 aromatic carbocycles. The number of carbonyl (C=O) groups excluding carboxylic acids is 2. The fourth-order valence-electron chi connectivity index (χ4n) is 2.73. The highest BCUT2D eigenvalue weighted by molar-refractivity contribution is 5.84. The second-order valence-electron chi connectivity index (χ2n) is 5.77. The maximum atomic E-state index is 13.8. The zero-order valence-corrected chi connectivity index (χ0v) is 13.2. The number of hydrogen-bond acceptors (Lipinski definition) is 3. The molecule has 24 heavy (non-hydrogen) atoms. The summed E-state index contributed by atoms with van der Waals surface area (Å²) in [4.78, 5) is 37.1. The fourth-order valence-corrected chi connectivity index (χ4v) is 2.73. The van der Waals surface area contributed by atoms with Gasteiger partial charge in [-0.25, -0.2) is 8.78 Å². The second-order valence-corrected chi connectivity index (χ2v) is 5.77. The zero-order chi connectivity index (χ0) is 17.9. The summed E-state index contributed by atoms with van der Waals surface area (Å²) in [7, 11) is 1.36. The number of likely N-dealkylation sites (tertiary alicyclic amines) is 1. The third-order valence-electron chi connectivity index (χ3n) is 4.03. The quantitative estimate of drug-likeness (QED) is 0.849. The highest BCUT2D eigenvalue weighted by Gasteiger charge is 2.33. The Morgan fingerprint density at radius 1 is 1.38 bits per heavy atom. The summed E-state index contributed by atoms with van der Waals surface area (Å²) in [6.07, 6.45) is 0.590. The standard InChI is InChI=1S/C16H18F2N2O4/c1-19(9-15(23)24)14(22)7-11-5-6-13(21)20(11)8-10-3-2-4-12(17)16(10)18/h2-4,11H,5-9H2,1H3,(H,23,24)/t11-/m0/s1. The van der Waals surface area contributed by atoms with Crippen molar-refractivity contribution in [3.8, 4) is 0 Å². The third-order valence-corrected chi connectivity index (χ3v) is 4.03. The smallest absolute Gasteiger partial charge is 0.323 e. The lowest BCUT2D eigenvalue weighted by atomic mass is 10.1. The molecule has 0 aromatic heterocycles. The molecule has 0 bridgehead atoms. The second kappa shape index (κ2) is 7.37. The number of nitrogens with zero attached hydrogens (tertiary/aromatic N) is 2. The Morgan fingerprint density at radius 3 is 2.75 bits per heavy atom. The predicted molar refractivity (Wildman–Crippen MR) is 79.8 cm³/mol. The van der Waals surface area contributed by atoms with Crippen LogP contribution in [0.15, 0.2) is 18.2 Å². The molecule has 1 saturated heterocycles. The third kappa shape index (κ3) is 4.06. The lowest BCUT2D eigenvalue weighted by Gasteiger charge is -2.26. The van der Waals surface area contributed by atoms with Crippen LogP contribution in [-0.2, 0) is 20.9 Å². The van der Waals surface area contributed by atoms with E-state index in [9.17, 15) is 23.2 Å².